The predicted octanol–water partition coefficient (Wildman–Crippen LogP) is 4.39. The van der Waals surface area contributed by atoms with E-state index in [4.69, 9.17) is 0 Å². The highest BCUT2D eigenvalue weighted by Crippen LogP contribution is 2.41. The smallest absolute Gasteiger partial charge is 0.306 e. The number of carboxylic acids is 1. The maximum Gasteiger partial charge on any atom is 0.306 e. The summed E-state index contributed by atoms with van der Waals surface area (Å²) in [6.07, 6.45) is 9.06. The molecule has 108 valence electrons. The van der Waals surface area contributed by atoms with Gasteiger partial charge in [-0.15, -0.1) is 0 Å². The van der Waals surface area contributed by atoms with E-state index < -0.39 is 5.97 Å². The largest absolute Gasteiger partial charge is 0.481 e. The van der Waals surface area contributed by atoms with Crippen molar-refractivity contribution in [3.63, 3.8) is 0 Å². The molecule has 3 atom stereocenters. The third-order valence-electron chi connectivity index (χ3n) is 5.31. The SMILES string of the molecule is O=C(O)C1CCCCC1CC1CCCc2ccccc21. The first-order valence-electron chi connectivity index (χ1n) is 8.06. The van der Waals surface area contributed by atoms with Gasteiger partial charge in [-0.05, 0) is 61.5 Å². The van der Waals surface area contributed by atoms with Crippen LogP contribution in [0.1, 0.15) is 62.0 Å². The van der Waals surface area contributed by atoms with Crippen molar-refractivity contribution in [3.05, 3.63) is 35.4 Å². The Hall–Kier alpha value is -1.31. The molecule has 1 fully saturated rings. The molecule has 0 aliphatic heterocycles. The lowest BCUT2D eigenvalue weighted by molar-refractivity contribution is -0.145. The predicted molar refractivity (Wildman–Crippen MR) is 79.8 cm³/mol. The molecule has 1 aromatic rings. The van der Waals surface area contributed by atoms with Gasteiger partial charge in [-0.1, -0.05) is 37.1 Å². The van der Waals surface area contributed by atoms with Crippen molar-refractivity contribution in [2.24, 2.45) is 11.8 Å². The highest BCUT2D eigenvalue weighted by Gasteiger charge is 2.33. The zero-order chi connectivity index (χ0) is 13.9. The van der Waals surface area contributed by atoms with Gasteiger partial charge in [0.15, 0.2) is 0 Å². The molecule has 0 aromatic heterocycles. The topological polar surface area (TPSA) is 37.3 Å². The van der Waals surface area contributed by atoms with Crippen molar-refractivity contribution in [1.29, 1.82) is 0 Å². The third kappa shape index (κ3) is 2.74. The monoisotopic (exact) mass is 272 g/mol. The van der Waals surface area contributed by atoms with Crippen LogP contribution in [0.4, 0.5) is 0 Å². The molecule has 1 saturated carbocycles. The Morgan fingerprint density at radius 1 is 1.10 bits per heavy atom. The molecule has 2 aliphatic rings. The number of aliphatic carboxylic acids is 1. The lowest BCUT2D eigenvalue weighted by Gasteiger charge is -2.34. The Morgan fingerprint density at radius 3 is 2.75 bits per heavy atom. The molecule has 0 radical (unpaired) electrons. The number of benzene rings is 1. The van der Waals surface area contributed by atoms with Crippen LogP contribution in [0.5, 0.6) is 0 Å². The van der Waals surface area contributed by atoms with Gasteiger partial charge < -0.3 is 5.11 Å². The van der Waals surface area contributed by atoms with Gasteiger partial charge in [0, 0.05) is 0 Å². The van der Waals surface area contributed by atoms with Crippen molar-refractivity contribution in [1.82, 2.24) is 0 Å². The van der Waals surface area contributed by atoms with Gasteiger partial charge >= 0.3 is 5.97 Å². The first kappa shape index (κ1) is 13.7. The number of carboxylic acid groups (broad SMARTS) is 1. The van der Waals surface area contributed by atoms with Crippen LogP contribution < -0.4 is 0 Å². The van der Waals surface area contributed by atoms with Crippen LogP contribution in [0.3, 0.4) is 0 Å². The summed E-state index contributed by atoms with van der Waals surface area (Å²) in [5.74, 6) is 0.305. The normalized spacial score (nSPS) is 29.7. The van der Waals surface area contributed by atoms with Gasteiger partial charge in [0.2, 0.25) is 0 Å². The van der Waals surface area contributed by atoms with E-state index in [0.717, 1.165) is 25.7 Å². The van der Waals surface area contributed by atoms with Gasteiger partial charge in [0.25, 0.3) is 0 Å². The van der Waals surface area contributed by atoms with Crippen molar-refractivity contribution in [2.75, 3.05) is 0 Å². The molecule has 0 amide bonds. The molecule has 1 aromatic carbocycles. The van der Waals surface area contributed by atoms with Gasteiger partial charge in [-0.25, -0.2) is 0 Å². The minimum atomic E-state index is -0.571. The lowest BCUT2D eigenvalue weighted by atomic mass is 9.71. The van der Waals surface area contributed by atoms with Gasteiger partial charge in [-0.2, -0.15) is 0 Å². The zero-order valence-corrected chi connectivity index (χ0v) is 12.1. The Morgan fingerprint density at radius 2 is 1.90 bits per heavy atom. The van der Waals surface area contributed by atoms with E-state index in [1.165, 1.54) is 36.8 Å². The van der Waals surface area contributed by atoms with E-state index >= 15 is 0 Å². The summed E-state index contributed by atoms with van der Waals surface area (Å²) in [7, 11) is 0. The molecule has 2 nitrogen and oxygen atoms in total. The van der Waals surface area contributed by atoms with E-state index in [-0.39, 0.29) is 5.92 Å². The van der Waals surface area contributed by atoms with Crippen molar-refractivity contribution >= 4 is 5.97 Å². The Balaban J connectivity index is 1.76. The van der Waals surface area contributed by atoms with Gasteiger partial charge in [-0.3, -0.25) is 4.79 Å². The number of hydrogen-bond donors (Lipinski definition) is 1. The van der Waals surface area contributed by atoms with Crippen LogP contribution >= 0.6 is 0 Å². The lowest BCUT2D eigenvalue weighted by Crippen LogP contribution is -2.29. The minimum absolute atomic E-state index is 0.0992. The second kappa shape index (κ2) is 5.99. The molecule has 3 rings (SSSR count). The fraction of sp³-hybridized carbons (Fsp3) is 0.611. The molecule has 0 heterocycles. The Kier molecular flexibility index (Phi) is 4.09. The quantitative estimate of drug-likeness (QED) is 0.886. The summed E-state index contributed by atoms with van der Waals surface area (Å²) in [4.78, 5) is 11.5. The van der Waals surface area contributed by atoms with Crippen LogP contribution in [0.15, 0.2) is 24.3 Å². The van der Waals surface area contributed by atoms with Crippen LogP contribution in [-0.2, 0) is 11.2 Å². The fourth-order valence-corrected chi connectivity index (χ4v) is 4.28. The second-order valence-electron chi connectivity index (χ2n) is 6.51. The first-order chi connectivity index (χ1) is 9.75. The van der Waals surface area contributed by atoms with E-state index in [1.54, 1.807) is 0 Å². The molecule has 3 unspecified atom stereocenters. The maximum absolute atomic E-state index is 11.5. The Labute approximate surface area is 121 Å². The average Bonchev–Trinajstić information content (AvgIpc) is 2.48. The summed E-state index contributed by atoms with van der Waals surface area (Å²) in [5.41, 5.74) is 2.99. The van der Waals surface area contributed by atoms with Crippen molar-refractivity contribution < 1.29 is 9.90 Å². The number of carbonyl (C=O) groups is 1. The molecule has 0 saturated heterocycles. The average molecular weight is 272 g/mol. The molecule has 0 spiro atoms. The number of hydrogen-bond acceptors (Lipinski definition) is 1. The molecular formula is C18H24O2. The first-order valence-corrected chi connectivity index (χ1v) is 8.06. The summed E-state index contributed by atoms with van der Waals surface area (Å²) in [6.45, 7) is 0. The van der Waals surface area contributed by atoms with E-state index in [0.29, 0.717) is 11.8 Å². The Bertz CT molecular complexity index is 480. The third-order valence-corrected chi connectivity index (χ3v) is 5.31. The van der Waals surface area contributed by atoms with Crippen molar-refractivity contribution in [3.8, 4) is 0 Å². The van der Waals surface area contributed by atoms with Gasteiger partial charge in [0.05, 0.1) is 5.92 Å². The van der Waals surface area contributed by atoms with Crippen LogP contribution in [0.2, 0.25) is 0 Å². The molecule has 1 N–H and O–H groups in total. The standard InChI is InChI=1S/C18H24O2/c19-18(20)17-11-4-2-7-15(17)12-14-9-5-8-13-6-1-3-10-16(13)14/h1,3,6,10,14-15,17H,2,4-5,7-9,11-12H2,(H,19,20). The van der Waals surface area contributed by atoms with E-state index in [1.807, 2.05) is 0 Å². The molecule has 20 heavy (non-hydrogen) atoms. The minimum Gasteiger partial charge on any atom is -0.481 e. The van der Waals surface area contributed by atoms with Crippen molar-refractivity contribution in [2.45, 2.75) is 57.3 Å². The zero-order valence-electron chi connectivity index (χ0n) is 12.1. The molecule has 2 heteroatoms. The van der Waals surface area contributed by atoms with Crippen LogP contribution in [0.25, 0.3) is 0 Å². The maximum atomic E-state index is 11.5. The molecular weight excluding hydrogens is 248 g/mol. The fourth-order valence-electron chi connectivity index (χ4n) is 4.28. The summed E-state index contributed by atoms with van der Waals surface area (Å²) in [5, 5.41) is 9.43. The van der Waals surface area contributed by atoms with Crippen LogP contribution in [0, 0.1) is 11.8 Å². The summed E-state index contributed by atoms with van der Waals surface area (Å²) >= 11 is 0. The molecule has 2 aliphatic carbocycles. The summed E-state index contributed by atoms with van der Waals surface area (Å²) < 4.78 is 0. The molecule has 0 bridgehead atoms. The summed E-state index contributed by atoms with van der Waals surface area (Å²) in [6, 6.07) is 8.77. The number of rotatable bonds is 3. The van der Waals surface area contributed by atoms with Gasteiger partial charge in [0.1, 0.15) is 0 Å². The second-order valence-corrected chi connectivity index (χ2v) is 6.51. The van der Waals surface area contributed by atoms with E-state index in [2.05, 4.69) is 24.3 Å². The van der Waals surface area contributed by atoms with E-state index in [9.17, 15) is 9.90 Å². The highest BCUT2D eigenvalue weighted by molar-refractivity contribution is 5.70. The van der Waals surface area contributed by atoms with Crippen LogP contribution in [-0.4, -0.2) is 11.1 Å². The number of aryl methyl sites for hydroxylation is 1. The highest BCUT2D eigenvalue weighted by atomic mass is 16.4. The number of fused-ring (bicyclic) bond motifs is 1.